The highest BCUT2D eigenvalue weighted by Gasteiger charge is 2.15. The number of carboxylic acid groups (broad SMARTS) is 1. The Morgan fingerprint density at radius 3 is 2.78 bits per heavy atom. The first-order chi connectivity index (χ1) is 8.58. The monoisotopic (exact) mass is 246 g/mol. The van der Waals surface area contributed by atoms with Crippen molar-refractivity contribution in [3.8, 4) is 11.3 Å². The van der Waals surface area contributed by atoms with Crippen LogP contribution in [-0.2, 0) is 11.3 Å². The van der Waals surface area contributed by atoms with Gasteiger partial charge in [0.2, 0.25) is 0 Å². The molecule has 2 heterocycles. The Kier molecular flexibility index (Phi) is 3.05. The lowest BCUT2D eigenvalue weighted by atomic mass is 10.2. The van der Waals surface area contributed by atoms with E-state index in [-0.39, 0.29) is 12.2 Å². The van der Waals surface area contributed by atoms with Crippen LogP contribution in [0.5, 0.6) is 0 Å². The fourth-order valence-electron chi connectivity index (χ4n) is 1.53. The zero-order chi connectivity index (χ0) is 13.1. The van der Waals surface area contributed by atoms with Gasteiger partial charge in [-0.25, -0.2) is 0 Å². The van der Waals surface area contributed by atoms with Crippen molar-refractivity contribution in [2.24, 2.45) is 5.73 Å². The summed E-state index contributed by atoms with van der Waals surface area (Å²) in [4.78, 5) is 25.7. The third-order valence-electron chi connectivity index (χ3n) is 2.27. The summed E-state index contributed by atoms with van der Waals surface area (Å²) in [7, 11) is 0. The van der Waals surface area contributed by atoms with E-state index in [1.165, 1.54) is 10.7 Å². The Balaban J connectivity index is 2.50. The van der Waals surface area contributed by atoms with E-state index in [0.717, 1.165) is 0 Å². The van der Waals surface area contributed by atoms with Crippen molar-refractivity contribution in [3.05, 3.63) is 36.3 Å². The van der Waals surface area contributed by atoms with E-state index in [0.29, 0.717) is 11.3 Å². The molecule has 7 nitrogen and oxygen atoms in total. The third kappa shape index (κ3) is 2.34. The predicted molar refractivity (Wildman–Crippen MR) is 61.6 cm³/mol. The number of primary amides is 1. The van der Waals surface area contributed by atoms with Crippen molar-refractivity contribution in [3.63, 3.8) is 0 Å². The summed E-state index contributed by atoms with van der Waals surface area (Å²) in [5.41, 5.74) is 6.30. The number of hydrogen-bond acceptors (Lipinski definition) is 4. The molecule has 0 aliphatic heterocycles. The van der Waals surface area contributed by atoms with Crippen molar-refractivity contribution < 1.29 is 14.7 Å². The quantitative estimate of drug-likeness (QED) is 0.796. The van der Waals surface area contributed by atoms with Crippen molar-refractivity contribution in [2.45, 2.75) is 6.54 Å². The zero-order valence-electron chi connectivity index (χ0n) is 9.28. The van der Waals surface area contributed by atoms with Gasteiger partial charge in [-0.1, -0.05) is 0 Å². The van der Waals surface area contributed by atoms with Gasteiger partial charge in [0.05, 0.1) is 5.69 Å². The van der Waals surface area contributed by atoms with Crippen LogP contribution in [0.2, 0.25) is 0 Å². The van der Waals surface area contributed by atoms with E-state index in [2.05, 4.69) is 10.1 Å². The van der Waals surface area contributed by atoms with Crippen LogP contribution >= 0.6 is 0 Å². The maximum Gasteiger partial charge on any atom is 0.325 e. The molecule has 0 aromatic carbocycles. The van der Waals surface area contributed by atoms with Gasteiger partial charge in [0.15, 0.2) is 5.69 Å². The molecule has 0 fully saturated rings. The SMILES string of the molecule is NC(=O)c1cc(-c2cccnc2)n(CC(=O)O)n1. The average Bonchev–Trinajstić information content (AvgIpc) is 2.73. The molecule has 3 N–H and O–H groups in total. The number of nitrogens with two attached hydrogens (primary N) is 1. The number of pyridine rings is 1. The van der Waals surface area contributed by atoms with Gasteiger partial charge in [-0.05, 0) is 18.2 Å². The summed E-state index contributed by atoms with van der Waals surface area (Å²) >= 11 is 0. The number of nitrogens with zero attached hydrogens (tertiary/aromatic N) is 3. The van der Waals surface area contributed by atoms with Crippen LogP contribution in [0.3, 0.4) is 0 Å². The van der Waals surface area contributed by atoms with E-state index in [1.54, 1.807) is 24.5 Å². The number of rotatable bonds is 4. The fourth-order valence-corrected chi connectivity index (χ4v) is 1.53. The zero-order valence-corrected chi connectivity index (χ0v) is 9.28. The molecule has 0 saturated heterocycles. The minimum absolute atomic E-state index is 0.0232. The van der Waals surface area contributed by atoms with Crippen molar-refractivity contribution in [1.82, 2.24) is 14.8 Å². The van der Waals surface area contributed by atoms with Crippen LogP contribution in [0.1, 0.15) is 10.5 Å². The molecular formula is C11H10N4O3. The normalized spacial score (nSPS) is 10.2. The summed E-state index contributed by atoms with van der Waals surface area (Å²) < 4.78 is 1.21. The molecule has 2 aromatic rings. The number of carboxylic acids is 1. The largest absolute Gasteiger partial charge is 0.480 e. The number of carbonyl (C=O) groups excluding carboxylic acids is 1. The van der Waals surface area contributed by atoms with Crippen LogP contribution in [0.4, 0.5) is 0 Å². The first kappa shape index (κ1) is 11.8. The highest BCUT2D eigenvalue weighted by molar-refractivity contribution is 5.92. The van der Waals surface area contributed by atoms with Crippen LogP contribution in [-0.4, -0.2) is 31.7 Å². The number of hydrogen-bond donors (Lipinski definition) is 2. The lowest BCUT2D eigenvalue weighted by molar-refractivity contribution is -0.137. The standard InChI is InChI=1S/C11H10N4O3/c12-11(18)8-4-9(7-2-1-3-13-5-7)15(14-8)6-10(16)17/h1-5H,6H2,(H2,12,18)(H,16,17). The van der Waals surface area contributed by atoms with E-state index in [1.807, 2.05) is 0 Å². The first-order valence-corrected chi connectivity index (χ1v) is 5.08. The molecule has 7 heteroatoms. The van der Waals surface area contributed by atoms with Crippen molar-refractivity contribution in [2.75, 3.05) is 0 Å². The maximum absolute atomic E-state index is 11.1. The van der Waals surface area contributed by atoms with Gasteiger partial charge < -0.3 is 10.8 Å². The molecule has 0 aliphatic rings. The van der Waals surface area contributed by atoms with E-state index < -0.39 is 11.9 Å². The molecule has 0 bridgehead atoms. The number of carbonyl (C=O) groups is 2. The highest BCUT2D eigenvalue weighted by atomic mass is 16.4. The average molecular weight is 246 g/mol. The Morgan fingerprint density at radius 1 is 1.44 bits per heavy atom. The summed E-state index contributed by atoms with van der Waals surface area (Å²) in [6.07, 6.45) is 3.15. The predicted octanol–water partition coefficient (Wildman–Crippen LogP) is 0.129. The summed E-state index contributed by atoms with van der Waals surface area (Å²) in [5, 5.41) is 12.7. The summed E-state index contributed by atoms with van der Waals surface area (Å²) in [5.74, 6) is -1.76. The molecule has 1 amide bonds. The Bertz CT molecular complexity index is 592. The summed E-state index contributed by atoms with van der Waals surface area (Å²) in [6, 6.07) is 4.90. The lowest BCUT2D eigenvalue weighted by Crippen LogP contribution is -2.15. The number of amides is 1. The van der Waals surface area contributed by atoms with E-state index in [4.69, 9.17) is 10.8 Å². The van der Waals surface area contributed by atoms with Crippen LogP contribution in [0, 0.1) is 0 Å². The first-order valence-electron chi connectivity index (χ1n) is 5.08. The highest BCUT2D eigenvalue weighted by Crippen LogP contribution is 2.19. The van der Waals surface area contributed by atoms with Crippen molar-refractivity contribution >= 4 is 11.9 Å². The smallest absolute Gasteiger partial charge is 0.325 e. The number of aromatic nitrogens is 3. The Hall–Kier alpha value is -2.70. The Labute approximate surface area is 102 Å². The van der Waals surface area contributed by atoms with Crippen LogP contribution < -0.4 is 5.73 Å². The van der Waals surface area contributed by atoms with E-state index >= 15 is 0 Å². The molecule has 0 spiro atoms. The second-order valence-electron chi connectivity index (χ2n) is 3.57. The van der Waals surface area contributed by atoms with E-state index in [9.17, 15) is 9.59 Å². The van der Waals surface area contributed by atoms with Crippen LogP contribution in [0.15, 0.2) is 30.6 Å². The molecule has 0 saturated carbocycles. The molecule has 0 atom stereocenters. The molecule has 0 radical (unpaired) electrons. The topological polar surface area (TPSA) is 111 Å². The van der Waals surface area contributed by atoms with Crippen LogP contribution in [0.25, 0.3) is 11.3 Å². The molecule has 18 heavy (non-hydrogen) atoms. The molecule has 2 rings (SSSR count). The molecule has 0 aliphatic carbocycles. The fraction of sp³-hybridized carbons (Fsp3) is 0.0909. The van der Waals surface area contributed by atoms with Gasteiger partial charge in [-0.15, -0.1) is 0 Å². The van der Waals surface area contributed by atoms with Crippen molar-refractivity contribution in [1.29, 1.82) is 0 Å². The van der Waals surface area contributed by atoms with Gasteiger partial charge in [0.25, 0.3) is 5.91 Å². The van der Waals surface area contributed by atoms with Gasteiger partial charge in [0.1, 0.15) is 6.54 Å². The van der Waals surface area contributed by atoms with Gasteiger partial charge in [0, 0.05) is 18.0 Å². The molecular weight excluding hydrogens is 236 g/mol. The third-order valence-corrected chi connectivity index (χ3v) is 2.27. The van der Waals surface area contributed by atoms with Gasteiger partial charge in [-0.2, -0.15) is 5.10 Å². The molecule has 92 valence electrons. The maximum atomic E-state index is 11.1. The number of aliphatic carboxylic acids is 1. The Morgan fingerprint density at radius 2 is 2.22 bits per heavy atom. The minimum atomic E-state index is -1.06. The second kappa shape index (κ2) is 4.66. The lowest BCUT2D eigenvalue weighted by Gasteiger charge is -2.03. The second-order valence-corrected chi connectivity index (χ2v) is 3.57. The molecule has 0 unspecified atom stereocenters. The summed E-state index contributed by atoms with van der Waals surface area (Å²) in [6.45, 7) is -0.350. The van der Waals surface area contributed by atoms with Gasteiger partial charge >= 0.3 is 5.97 Å². The minimum Gasteiger partial charge on any atom is -0.480 e. The van der Waals surface area contributed by atoms with Gasteiger partial charge in [-0.3, -0.25) is 19.3 Å². The molecule has 2 aromatic heterocycles.